The summed E-state index contributed by atoms with van der Waals surface area (Å²) in [4.78, 5) is 35.1. The van der Waals surface area contributed by atoms with Crippen molar-refractivity contribution in [3.63, 3.8) is 0 Å². The summed E-state index contributed by atoms with van der Waals surface area (Å²) in [6.07, 6.45) is -1.62. The van der Waals surface area contributed by atoms with E-state index < -0.39 is 11.7 Å². The van der Waals surface area contributed by atoms with E-state index in [1.165, 1.54) is 6.07 Å². The van der Waals surface area contributed by atoms with Gasteiger partial charge in [0.15, 0.2) is 0 Å². The van der Waals surface area contributed by atoms with Crippen LogP contribution in [-0.4, -0.2) is 66.0 Å². The standard InChI is InChI=1S/C24H28F3N5O2/c25-24(26,27)19-7-8-21(28-17-19)30-11-4-12-31(16-15-30)22(33)18-9-13-32(14-10-18)23(34)29-20-5-2-1-3-6-20/h1-3,5-8,17-18H,4,9-16H2,(H,29,34). The van der Waals surface area contributed by atoms with Gasteiger partial charge in [-0.1, -0.05) is 18.2 Å². The average Bonchev–Trinajstić information content (AvgIpc) is 3.10. The van der Waals surface area contributed by atoms with E-state index in [2.05, 4.69) is 10.3 Å². The molecule has 1 aromatic carbocycles. The molecule has 3 amide bonds. The number of nitrogens with zero attached hydrogens (tertiary/aromatic N) is 4. The monoisotopic (exact) mass is 475 g/mol. The second-order valence-corrected chi connectivity index (χ2v) is 8.63. The summed E-state index contributed by atoms with van der Waals surface area (Å²) >= 11 is 0. The topological polar surface area (TPSA) is 68.8 Å². The van der Waals surface area contributed by atoms with Crippen LogP contribution in [0.25, 0.3) is 0 Å². The molecule has 7 nitrogen and oxygen atoms in total. The highest BCUT2D eigenvalue weighted by molar-refractivity contribution is 5.89. The molecular formula is C24H28F3N5O2. The molecule has 1 N–H and O–H groups in total. The van der Waals surface area contributed by atoms with Crippen molar-refractivity contribution in [1.29, 1.82) is 0 Å². The van der Waals surface area contributed by atoms with E-state index in [4.69, 9.17) is 0 Å². The Morgan fingerprint density at radius 2 is 1.62 bits per heavy atom. The van der Waals surface area contributed by atoms with Crippen LogP contribution in [0.3, 0.4) is 0 Å². The highest BCUT2D eigenvalue weighted by Gasteiger charge is 2.32. The zero-order chi connectivity index (χ0) is 24.1. The summed E-state index contributed by atoms with van der Waals surface area (Å²) in [5.74, 6) is 0.446. The lowest BCUT2D eigenvalue weighted by Crippen LogP contribution is -2.46. The lowest BCUT2D eigenvalue weighted by molar-refractivity contribution is -0.138. The molecule has 0 spiro atoms. The number of likely N-dealkylation sites (tertiary alicyclic amines) is 1. The van der Waals surface area contributed by atoms with Gasteiger partial charge in [0.2, 0.25) is 5.91 Å². The minimum absolute atomic E-state index is 0.0883. The summed E-state index contributed by atoms with van der Waals surface area (Å²) in [5.41, 5.74) is -0.0333. The number of halogens is 3. The van der Waals surface area contributed by atoms with E-state index in [1.807, 2.05) is 40.1 Å². The number of benzene rings is 1. The Bertz CT molecular complexity index is 976. The van der Waals surface area contributed by atoms with E-state index >= 15 is 0 Å². The van der Waals surface area contributed by atoms with Gasteiger partial charge in [-0.05, 0) is 43.5 Å². The Morgan fingerprint density at radius 1 is 0.882 bits per heavy atom. The first-order chi connectivity index (χ1) is 16.3. The predicted molar refractivity (Wildman–Crippen MR) is 122 cm³/mol. The fourth-order valence-electron chi connectivity index (χ4n) is 4.42. The first-order valence-electron chi connectivity index (χ1n) is 11.5. The highest BCUT2D eigenvalue weighted by Crippen LogP contribution is 2.29. The molecule has 34 heavy (non-hydrogen) atoms. The SMILES string of the molecule is O=C(Nc1ccccc1)N1CCC(C(=O)N2CCCN(c3ccc(C(F)(F)F)cn3)CC2)CC1. The molecule has 182 valence electrons. The molecule has 0 aliphatic carbocycles. The third-order valence-corrected chi connectivity index (χ3v) is 6.36. The second kappa shape index (κ2) is 10.3. The van der Waals surface area contributed by atoms with Crippen molar-refractivity contribution < 1.29 is 22.8 Å². The number of amides is 3. The zero-order valence-corrected chi connectivity index (χ0v) is 18.8. The van der Waals surface area contributed by atoms with Gasteiger partial charge in [0.25, 0.3) is 0 Å². The third kappa shape index (κ3) is 5.78. The lowest BCUT2D eigenvalue weighted by Gasteiger charge is -2.34. The summed E-state index contributed by atoms with van der Waals surface area (Å²) in [6.45, 7) is 3.28. The number of nitrogens with one attached hydrogen (secondary N) is 1. The van der Waals surface area contributed by atoms with E-state index in [-0.39, 0.29) is 17.9 Å². The molecular weight excluding hydrogens is 447 g/mol. The Kier molecular flexibility index (Phi) is 7.23. The van der Waals surface area contributed by atoms with E-state index in [9.17, 15) is 22.8 Å². The molecule has 2 aliphatic heterocycles. The van der Waals surface area contributed by atoms with Crippen LogP contribution in [-0.2, 0) is 11.0 Å². The van der Waals surface area contributed by atoms with Crippen molar-refractivity contribution in [3.8, 4) is 0 Å². The van der Waals surface area contributed by atoms with E-state index in [1.54, 1.807) is 4.90 Å². The van der Waals surface area contributed by atoms with Gasteiger partial charge in [0.05, 0.1) is 5.56 Å². The number of carbonyl (C=O) groups excluding carboxylic acids is 2. The summed E-state index contributed by atoms with van der Waals surface area (Å²) in [6, 6.07) is 11.5. The number of hydrogen-bond acceptors (Lipinski definition) is 4. The summed E-state index contributed by atoms with van der Waals surface area (Å²) in [5, 5.41) is 2.88. The predicted octanol–water partition coefficient (Wildman–Crippen LogP) is 4.08. The molecule has 1 aromatic heterocycles. The number of anilines is 2. The molecule has 2 saturated heterocycles. The quantitative estimate of drug-likeness (QED) is 0.727. The van der Waals surface area contributed by atoms with Crippen molar-refractivity contribution in [2.45, 2.75) is 25.4 Å². The largest absolute Gasteiger partial charge is 0.417 e. The molecule has 0 unspecified atom stereocenters. The fraction of sp³-hybridized carbons (Fsp3) is 0.458. The van der Waals surface area contributed by atoms with Crippen LogP contribution in [0.1, 0.15) is 24.8 Å². The molecule has 3 heterocycles. The number of aromatic nitrogens is 1. The van der Waals surface area contributed by atoms with Crippen LogP contribution in [0.15, 0.2) is 48.7 Å². The van der Waals surface area contributed by atoms with Gasteiger partial charge in [0, 0.05) is 57.1 Å². The molecule has 0 bridgehead atoms. The molecule has 0 saturated carbocycles. The second-order valence-electron chi connectivity index (χ2n) is 8.63. The van der Waals surface area contributed by atoms with Crippen LogP contribution >= 0.6 is 0 Å². The Balaban J connectivity index is 1.27. The Morgan fingerprint density at radius 3 is 2.26 bits per heavy atom. The normalized spacial score (nSPS) is 17.9. The number of alkyl halides is 3. The Labute approximate surface area is 196 Å². The van der Waals surface area contributed by atoms with Crippen LogP contribution < -0.4 is 10.2 Å². The molecule has 0 atom stereocenters. The fourth-order valence-corrected chi connectivity index (χ4v) is 4.42. The van der Waals surface area contributed by atoms with Gasteiger partial charge in [-0.25, -0.2) is 9.78 Å². The van der Waals surface area contributed by atoms with Gasteiger partial charge >= 0.3 is 12.2 Å². The molecule has 2 aliphatic rings. The number of hydrogen-bond donors (Lipinski definition) is 1. The molecule has 0 radical (unpaired) electrons. The minimum Gasteiger partial charge on any atom is -0.355 e. The molecule has 10 heteroatoms. The molecule has 4 rings (SSSR count). The summed E-state index contributed by atoms with van der Waals surface area (Å²) < 4.78 is 38.4. The molecule has 2 fully saturated rings. The number of urea groups is 1. The maximum absolute atomic E-state index is 13.1. The van der Waals surface area contributed by atoms with Crippen molar-refractivity contribution in [2.75, 3.05) is 49.5 Å². The maximum Gasteiger partial charge on any atom is 0.417 e. The van der Waals surface area contributed by atoms with Crippen molar-refractivity contribution in [2.24, 2.45) is 5.92 Å². The first kappa shape index (κ1) is 23.8. The van der Waals surface area contributed by atoms with Crippen LogP contribution in [0.5, 0.6) is 0 Å². The van der Waals surface area contributed by atoms with Crippen LogP contribution in [0.2, 0.25) is 0 Å². The lowest BCUT2D eigenvalue weighted by atomic mass is 9.95. The van der Waals surface area contributed by atoms with Crippen molar-refractivity contribution in [1.82, 2.24) is 14.8 Å². The molecule has 2 aromatic rings. The van der Waals surface area contributed by atoms with Gasteiger partial charge in [-0.15, -0.1) is 0 Å². The number of piperidine rings is 1. The smallest absolute Gasteiger partial charge is 0.355 e. The van der Waals surface area contributed by atoms with Crippen LogP contribution in [0.4, 0.5) is 29.5 Å². The van der Waals surface area contributed by atoms with Gasteiger partial charge < -0.3 is 20.0 Å². The van der Waals surface area contributed by atoms with Crippen molar-refractivity contribution >= 4 is 23.4 Å². The maximum atomic E-state index is 13.1. The zero-order valence-electron chi connectivity index (χ0n) is 18.8. The van der Waals surface area contributed by atoms with E-state index in [0.29, 0.717) is 64.3 Å². The number of carbonyl (C=O) groups is 2. The summed E-state index contributed by atoms with van der Waals surface area (Å²) in [7, 11) is 0. The number of pyridine rings is 1. The number of para-hydroxylation sites is 1. The van der Waals surface area contributed by atoms with Gasteiger partial charge in [-0.2, -0.15) is 13.2 Å². The Hall–Kier alpha value is -3.30. The van der Waals surface area contributed by atoms with Crippen LogP contribution in [0, 0.1) is 5.92 Å². The third-order valence-electron chi connectivity index (χ3n) is 6.36. The number of rotatable bonds is 3. The van der Waals surface area contributed by atoms with Crippen molar-refractivity contribution in [3.05, 3.63) is 54.2 Å². The van der Waals surface area contributed by atoms with E-state index in [0.717, 1.165) is 18.0 Å². The minimum atomic E-state index is -4.41. The van der Waals surface area contributed by atoms with Gasteiger partial charge in [0.1, 0.15) is 5.82 Å². The first-order valence-corrected chi connectivity index (χ1v) is 11.5. The highest BCUT2D eigenvalue weighted by atomic mass is 19.4. The average molecular weight is 476 g/mol. The van der Waals surface area contributed by atoms with Gasteiger partial charge in [-0.3, -0.25) is 4.79 Å².